The Kier molecular flexibility index (Phi) is 5.79. The van der Waals surface area contributed by atoms with Gasteiger partial charge in [-0.05, 0) is 60.7 Å². The van der Waals surface area contributed by atoms with Gasteiger partial charge in [-0.1, -0.05) is 12.1 Å². The van der Waals surface area contributed by atoms with Gasteiger partial charge < -0.3 is 5.32 Å². The number of carbonyl (C=O) groups is 1. The van der Waals surface area contributed by atoms with E-state index in [0.717, 1.165) is 36.4 Å². The molecule has 0 bridgehead atoms. The molecular weight excluding hydrogens is 424 g/mol. The standard InChI is InChI=1S/C20H14F4N2O3S/c21-15-7-9-16(10-8-15)26-30(28,29)18-6-1-3-13(11-18)19(27)25-17-5-2-4-14(12-17)20(22,23)24/h1-12,26H,(H,25,27). The fourth-order valence-corrected chi connectivity index (χ4v) is 3.62. The minimum Gasteiger partial charge on any atom is -0.322 e. The van der Waals surface area contributed by atoms with Gasteiger partial charge in [0.15, 0.2) is 0 Å². The molecule has 30 heavy (non-hydrogen) atoms. The van der Waals surface area contributed by atoms with Crippen LogP contribution in [-0.4, -0.2) is 14.3 Å². The number of alkyl halides is 3. The maximum atomic E-state index is 13.0. The number of hydrogen-bond donors (Lipinski definition) is 2. The average Bonchev–Trinajstić information content (AvgIpc) is 2.69. The van der Waals surface area contributed by atoms with Crippen molar-refractivity contribution in [3.05, 3.63) is 89.7 Å². The second-order valence-corrected chi connectivity index (χ2v) is 7.86. The Morgan fingerprint density at radius 3 is 2.17 bits per heavy atom. The number of rotatable bonds is 5. The van der Waals surface area contributed by atoms with Crippen LogP contribution in [0.5, 0.6) is 0 Å². The van der Waals surface area contributed by atoms with E-state index in [1.807, 2.05) is 0 Å². The number of amides is 1. The van der Waals surface area contributed by atoms with Crippen LogP contribution in [0.15, 0.2) is 77.7 Å². The van der Waals surface area contributed by atoms with E-state index in [2.05, 4.69) is 10.0 Å². The van der Waals surface area contributed by atoms with Gasteiger partial charge >= 0.3 is 6.18 Å². The van der Waals surface area contributed by atoms with Crippen molar-refractivity contribution in [3.8, 4) is 0 Å². The predicted octanol–water partition coefficient (Wildman–Crippen LogP) is 4.90. The van der Waals surface area contributed by atoms with Gasteiger partial charge in [0.1, 0.15) is 5.82 Å². The van der Waals surface area contributed by atoms with Gasteiger partial charge in [-0.25, -0.2) is 12.8 Å². The minimum absolute atomic E-state index is 0.0746. The Hall–Kier alpha value is -3.40. The third kappa shape index (κ3) is 5.15. The third-order valence-electron chi connectivity index (χ3n) is 3.95. The molecule has 0 spiro atoms. The fourth-order valence-electron chi connectivity index (χ4n) is 2.51. The Balaban J connectivity index is 1.81. The molecule has 2 N–H and O–H groups in total. The first-order valence-electron chi connectivity index (χ1n) is 8.42. The van der Waals surface area contributed by atoms with E-state index in [1.54, 1.807) is 0 Å². The highest BCUT2D eigenvalue weighted by molar-refractivity contribution is 7.92. The summed E-state index contributed by atoms with van der Waals surface area (Å²) in [7, 11) is -4.08. The van der Waals surface area contributed by atoms with Crippen LogP contribution in [0.25, 0.3) is 0 Å². The van der Waals surface area contributed by atoms with E-state index in [0.29, 0.717) is 0 Å². The lowest BCUT2D eigenvalue weighted by atomic mass is 10.1. The lowest BCUT2D eigenvalue weighted by molar-refractivity contribution is -0.137. The second kappa shape index (κ2) is 8.15. The van der Waals surface area contributed by atoms with Crippen molar-refractivity contribution in [2.45, 2.75) is 11.1 Å². The molecule has 0 atom stereocenters. The van der Waals surface area contributed by atoms with Crippen LogP contribution in [0, 0.1) is 5.82 Å². The predicted molar refractivity (Wildman–Crippen MR) is 103 cm³/mol. The topological polar surface area (TPSA) is 75.3 Å². The molecule has 5 nitrogen and oxygen atoms in total. The molecule has 0 fully saturated rings. The SMILES string of the molecule is O=C(Nc1cccc(C(F)(F)F)c1)c1cccc(S(=O)(=O)Nc2ccc(F)cc2)c1. The lowest BCUT2D eigenvalue weighted by Crippen LogP contribution is -2.16. The van der Waals surface area contributed by atoms with Gasteiger partial charge in [0.25, 0.3) is 15.9 Å². The average molecular weight is 438 g/mol. The zero-order chi connectivity index (χ0) is 21.9. The number of sulfonamides is 1. The zero-order valence-electron chi connectivity index (χ0n) is 15.1. The van der Waals surface area contributed by atoms with Gasteiger partial charge in [-0.3, -0.25) is 9.52 Å². The number of hydrogen-bond acceptors (Lipinski definition) is 3. The van der Waals surface area contributed by atoms with Crippen molar-refractivity contribution in [1.82, 2.24) is 0 Å². The summed E-state index contributed by atoms with van der Waals surface area (Å²) in [6, 6.07) is 13.7. The Labute approximate surface area is 169 Å². The molecule has 1 amide bonds. The molecule has 3 rings (SSSR count). The van der Waals surface area contributed by atoms with E-state index in [4.69, 9.17) is 0 Å². The molecule has 156 valence electrons. The summed E-state index contributed by atoms with van der Waals surface area (Å²) in [4.78, 5) is 12.2. The monoisotopic (exact) mass is 438 g/mol. The largest absolute Gasteiger partial charge is 0.416 e. The van der Waals surface area contributed by atoms with Gasteiger partial charge in [-0.2, -0.15) is 13.2 Å². The summed E-state index contributed by atoms with van der Waals surface area (Å²) in [5, 5.41) is 2.31. The molecule has 0 saturated carbocycles. The van der Waals surface area contributed by atoms with Crippen LogP contribution in [0.3, 0.4) is 0 Å². The Bertz CT molecular complexity index is 1180. The summed E-state index contributed by atoms with van der Waals surface area (Å²) in [5.41, 5.74) is -0.975. The second-order valence-electron chi connectivity index (χ2n) is 6.17. The molecule has 0 aliphatic carbocycles. The molecule has 10 heteroatoms. The molecule has 0 aliphatic rings. The maximum absolute atomic E-state index is 13.0. The summed E-state index contributed by atoms with van der Waals surface area (Å²) in [6.45, 7) is 0. The van der Waals surface area contributed by atoms with Gasteiger partial charge in [0, 0.05) is 16.9 Å². The first-order valence-corrected chi connectivity index (χ1v) is 9.90. The van der Waals surface area contributed by atoms with Crippen molar-refractivity contribution in [2.75, 3.05) is 10.0 Å². The van der Waals surface area contributed by atoms with Crippen LogP contribution >= 0.6 is 0 Å². The Morgan fingerprint density at radius 2 is 1.50 bits per heavy atom. The number of anilines is 2. The zero-order valence-corrected chi connectivity index (χ0v) is 15.9. The summed E-state index contributed by atoms with van der Waals surface area (Å²) >= 11 is 0. The number of nitrogens with one attached hydrogen (secondary N) is 2. The summed E-state index contributed by atoms with van der Waals surface area (Å²) < 4.78 is 78.7. The molecule has 0 radical (unpaired) electrons. The fraction of sp³-hybridized carbons (Fsp3) is 0.0500. The first-order chi connectivity index (χ1) is 14.0. The van der Waals surface area contributed by atoms with E-state index in [1.165, 1.54) is 36.4 Å². The molecule has 3 aromatic carbocycles. The highest BCUT2D eigenvalue weighted by Crippen LogP contribution is 2.30. The van der Waals surface area contributed by atoms with Crippen LogP contribution in [0.1, 0.15) is 15.9 Å². The van der Waals surface area contributed by atoms with Crippen molar-refractivity contribution in [1.29, 1.82) is 0 Å². The third-order valence-corrected chi connectivity index (χ3v) is 5.33. The van der Waals surface area contributed by atoms with Crippen LogP contribution < -0.4 is 10.0 Å². The van der Waals surface area contributed by atoms with Crippen molar-refractivity contribution < 1.29 is 30.8 Å². The normalized spacial score (nSPS) is 11.7. The first kappa shape index (κ1) is 21.3. The summed E-state index contributed by atoms with van der Waals surface area (Å²) in [6.07, 6.45) is -4.57. The van der Waals surface area contributed by atoms with Gasteiger partial charge in [0.2, 0.25) is 0 Å². The van der Waals surface area contributed by atoms with Crippen molar-refractivity contribution in [3.63, 3.8) is 0 Å². The smallest absolute Gasteiger partial charge is 0.322 e. The molecule has 3 aromatic rings. The van der Waals surface area contributed by atoms with Gasteiger partial charge in [-0.15, -0.1) is 0 Å². The molecule has 0 heterocycles. The number of halogens is 4. The van der Waals surface area contributed by atoms with E-state index in [9.17, 15) is 30.8 Å². The van der Waals surface area contributed by atoms with Crippen LogP contribution in [0.4, 0.5) is 28.9 Å². The van der Waals surface area contributed by atoms with Crippen molar-refractivity contribution in [2.24, 2.45) is 0 Å². The molecule has 0 unspecified atom stereocenters. The molecule has 0 saturated heterocycles. The van der Waals surface area contributed by atoms with E-state index in [-0.39, 0.29) is 21.8 Å². The molecule has 0 aromatic heterocycles. The van der Waals surface area contributed by atoms with E-state index < -0.39 is 33.5 Å². The Morgan fingerprint density at radius 1 is 0.833 bits per heavy atom. The number of benzene rings is 3. The lowest BCUT2D eigenvalue weighted by Gasteiger charge is -2.11. The highest BCUT2D eigenvalue weighted by atomic mass is 32.2. The van der Waals surface area contributed by atoms with Gasteiger partial charge in [0.05, 0.1) is 10.5 Å². The highest BCUT2D eigenvalue weighted by Gasteiger charge is 2.30. The van der Waals surface area contributed by atoms with Crippen LogP contribution in [0.2, 0.25) is 0 Å². The maximum Gasteiger partial charge on any atom is 0.416 e. The van der Waals surface area contributed by atoms with Crippen molar-refractivity contribution >= 4 is 27.3 Å². The molecular formula is C20H14F4N2O3S. The molecule has 0 aliphatic heterocycles. The quantitative estimate of drug-likeness (QED) is 0.557. The minimum atomic E-state index is -4.57. The van der Waals surface area contributed by atoms with Crippen LogP contribution in [-0.2, 0) is 16.2 Å². The van der Waals surface area contributed by atoms with E-state index >= 15 is 0 Å². The summed E-state index contributed by atoms with van der Waals surface area (Å²) in [5.74, 6) is -1.32. The number of carbonyl (C=O) groups excluding carboxylic acids is 1.